The van der Waals surface area contributed by atoms with Gasteiger partial charge in [-0.1, -0.05) is 78.9 Å². The van der Waals surface area contributed by atoms with E-state index in [2.05, 4.69) is 144 Å². The van der Waals surface area contributed by atoms with Crippen LogP contribution in [-0.2, 0) is 0 Å². The van der Waals surface area contributed by atoms with Gasteiger partial charge in [0.25, 0.3) is 0 Å². The highest BCUT2D eigenvalue weighted by Gasteiger charge is 2.19. The number of hydrogen-bond donors (Lipinski definition) is 1. The first-order chi connectivity index (χ1) is 19.4. The molecule has 0 aliphatic heterocycles. The van der Waals surface area contributed by atoms with Gasteiger partial charge < -0.3 is 8.98 Å². The van der Waals surface area contributed by atoms with E-state index >= 15 is 0 Å². The van der Waals surface area contributed by atoms with E-state index in [4.69, 9.17) is 4.42 Å². The number of hydrogen-bond acceptors (Lipinski definition) is 1. The zero-order chi connectivity index (χ0) is 25.8. The molecule has 8 aromatic rings. The van der Waals surface area contributed by atoms with E-state index in [9.17, 15) is 0 Å². The molecule has 0 fully saturated rings. The first-order valence-electron chi connectivity index (χ1n) is 13.2. The van der Waals surface area contributed by atoms with Crippen LogP contribution >= 0.6 is 10.9 Å². The number of nitrogens with zero attached hydrogens (tertiary/aromatic N) is 1. The molecule has 0 aliphatic rings. The van der Waals surface area contributed by atoms with Crippen LogP contribution in [0, 0.1) is 0 Å². The molecule has 2 nitrogen and oxygen atoms in total. The molecule has 0 N–H and O–H groups in total. The number of benzene rings is 6. The summed E-state index contributed by atoms with van der Waals surface area (Å²) in [6.07, 6.45) is 0. The fraction of sp³-hybridized carbons (Fsp3) is 0. The molecule has 0 saturated heterocycles. The second kappa shape index (κ2) is 8.93. The van der Waals surface area contributed by atoms with Crippen molar-refractivity contribution in [2.75, 3.05) is 0 Å². The maximum Gasteiger partial charge on any atom is 0.160 e. The summed E-state index contributed by atoms with van der Waals surface area (Å²) < 4.78 is 8.88. The van der Waals surface area contributed by atoms with Gasteiger partial charge in [0, 0.05) is 27.2 Å². The second-order valence-electron chi connectivity index (χ2n) is 9.81. The summed E-state index contributed by atoms with van der Waals surface area (Å²) in [7, 11) is -0.655. The van der Waals surface area contributed by atoms with Crippen LogP contribution in [0.5, 0.6) is 0 Å². The number of aromatic nitrogens is 1. The molecule has 0 atom stereocenters. The van der Waals surface area contributed by atoms with Crippen molar-refractivity contribution in [1.29, 1.82) is 0 Å². The number of rotatable bonds is 4. The Bertz CT molecular complexity index is 2070. The Morgan fingerprint density at radius 3 is 1.72 bits per heavy atom. The smallest absolute Gasteiger partial charge is 0.160 e. The average Bonchev–Trinajstić information content (AvgIpc) is 3.55. The highest BCUT2D eigenvalue weighted by atomic mass is 32.2. The Kier molecular flexibility index (Phi) is 5.10. The van der Waals surface area contributed by atoms with E-state index in [1.165, 1.54) is 31.0 Å². The van der Waals surface area contributed by atoms with Gasteiger partial charge in [-0.3, -0.25) is 0 Å². The molecule has 3 heteroatoms. The number of furan rings is 1. The van der Waals surface area contributed by atoms with Crippen LogP contribution in [0.25, 0.3) is 49.4 Å². The second-order valence-corrected chi connectivity index (χ2v) is 12.0. The van der Waals surface area contributed by atoms with Crippen molar-refractivity contribution in [2.45, 2.75) is 14.7 Å². The summed E-state index contributed by atoms with van der Waals surface area (Å²) in [4.78, 5) is 4.04. The molecule has 186 valence electrons. The van der Waals surface area contributed by atoms with E-state index in [0.717, 1.165) is 33.1 Å². The molecule has 39 heavy (non-hydrogen) atoms. The lowest BCUT2D eigenvalue weighted by Crippen LogP contribution is -1.95. The molecule has 0 saturated carbocycles. The monoisotopic (exact) mass is 519 g/mol. The van der Waals surface area contributed by atoms with E-state index in [0.29, 0.717) is 0 Å². The van der Waals surface area contributed by atoms with Crippen molar-refractivity contribution in [3.05, 3.63) is 146 Å². The summed E-state index contributed by atoms with van der Waals surface area (Å²) in [6, 6.07) is 52.3. The van der Waals surface area contributed by atoms with Crippen LogP contribution in [0.4, 0.5) is 0 Å². The summed E-state index contributed by atoms with van der Waals surface area (Å²) in [6.45, 7) is 0. The Morgan fingerprint density at radius 2 is 1.00 bits per heavy atom. The van der Waals surface area contributed by atoms with Crippen LogP contribution in [0.15, 0.2) is 165 Å². The predicted molar refractivity (Wildman–Crippen MR) is 165 cm³/mol. The van der Waals surface area contributed by atoms with E-state index < -0.39 is 10.9 Å². The Labute approximate surface area is 229 Å². The number of fused-ring (bicyclic) bond motifs is 7. The zero-order valence-electron chi connectivity index (χ0n) is 21.2. The van der Waals surface area contributed by atoms with Crippen LogP contribution in [0.1, 0.15) is 0 Å². The van der Waals surface area contributed by atoms with Crippen molar-refractivity contribution in [1.82, 2.24) is 4.57 Å². The van der Waals surface area contributed by atoms with Crippen LogP contribution in [0.2, 0.25) is 0 Å². The van der Waals surface area contributed by atoms with Crippen LogP contribution < -0.4 is 0 Å². The first-order valence-corrected chi connectivity index (χ1v) is 14.5. The van der Waals surface area contributed by atoms with Gasteiger partial charge in [-0.15, -0.1) is 0 Å². The predicted octanol–water partition coefficient (Wildman–Crippen LogP) is 10.2. The van der Waals surface area contributed by atoms with Crippen molar-refractivity contribution in [3.8, 4) is 5.69 Å². The van der Waals surface area contributed by atoms with E-state index in [1.54, 1.807) is 0 Å². The van der Waals surface area contributed by atoms with Crippen molar-refractivity contribution >= 4 is 54.6 Å². The van der Waals surface area contributed by atoms with Gasteiger partial charge in [0.05, 0.1) is 11.0 Å². The van der Waals surface area contributed by atoms with Gasteiger partial charge in [0.2, 0.25) is 0 Å². The van der Waals surface area contributed by atoms with E-state index in [1.807, 2.05) is 6.07 Å². The number of para-hydroxylation sites is 2. The summed E-state index contributed by atoms with van der Waals surface area (Å²) in [5, 5.41) is 4.74. The molecule has 0 amide bonds. The minimum atomic E-state index is -0.655. The van der Waals surface area contributed by atoms with Gasteiger partial charge in [0.1, 0.15) is 5.58 Å². The highest BCUT2D eigenvalue weighted by Crippen LogP contribution is 2.51. The lowest BCUT2D eigenvalue weighted by molar-refractivity contribution is 0.671. The van der Waals surface area contributed by atoms with E-state index in [-0.39, 0.29) is 0 Å². The SMILES string of the molecule is c1ccc([SH](c2ccccc2)c2ccc(-n3c4ccccc4c4ccc5c6ccccc6oc5c43)cc2)cc1. The average molecular weight is 520 g/mol. The van der Waals surface area contributed by atoms with Gasteiger partial charge in [-0.25, -0.2) is 0 Å². The van der Waals surface area contributed by atoms with Gasteiger partial charge in [0.15, 0.2) is 5.58 Å². The summed E-state index contributed by atoms with van der Waals surface area (Å²) >= 11 is 0. The number of thiol groups is 1. The molecule has 0 spiro atoms. The normalized spacial score (nSPS) is 12.1. The molecular formula is C36H25NOS. The minimum absolute atomic E-state index is 0.655. The molecule has 0 radical (unpaired) electrons. The highest BCUT2D eigenvalue weighted by molar-refractivity contribution is 8.17. The molecule has 0 bridgehead atoms. The molecule has 0 aliphatic carbocycles. The zero-order valence-corrected chi connectivity index (χ0v) is 22.1. The molecule has 2 heterocycles. The van der Waals surface area contributed by atoms with Crippen LogP contribution in [0.3, 0.4) is 0 Å². The summed E-state index contributed by atoms with van der Waals surface area (Å²) in [5.41, 5.74) is 5.29. The van der Waals surface area contributed by atoms with Gasteiger partial charge in [-0.05, 0) is 81.4 Å². The molecular weight excluding hydrogens is 494 g/mol. The fourth-order valence-electron chi connectivity index (χ4n) is 5.85. The first kappa shape index (κ1) is 22.3. The standard InChI is InChI=1S/C36H25NOS/c1-3-11-26(12-4-1)39(27-13-5-2-6-14-27)28-21-19-25(20-22-28)37-33-17-9-7-15-29(33)31-23-24-32-30-16-8-10-18-34(30)38-36(32)35(31)37/h1-24,39H. The summed E-state index contributed by atoms with van der Waals surface area (Å²) in [5.74, 6) is 0. The van der Waals surface area contributed by atoms with Crippen molar-refractivity contribution in [2.24, 2.45) is 0 Å². The van der Waals surface area contributed by atoms with Gasteiger partial charge in [-0.2, -0.15) is 10.9 Å². The van der Waals surface area contributed by atoms with Gasteiger partial charge >= 0.3 is 0 Å². The maximum atomic E-state index is 6.52. The Hall–Kier alpha value is -4.73. The molecule has 0 unspecified atom stereocenters. The quantitative estimate of drug-likeness (QED) is 0.229. The van der Waals surface area contributed by atoms with Crippen LogP contribution in [-0.4, -0.2) is 4.57 Å². The third-order valence-corrected chi connectivity index (χ3v) is 10.0. The molecule has 6 aromatic carbocycles. The Balaban J connectivity index is 1.36. The lowest BCUT2D eigenvalue weighted by Gasteiger charge is -2.23. The van der Waals surface area contributed by atoms with Crippen molar-refractivity contribution < 1.29 is 4.42 Å². The topological polar surface area (TPSA) is 18.1 Å². The third kappa shape index (κ3) is 3.51. The molecule has 2 aromatic heterocycles. The maximum absolute atomic E-state index is 6.52. The molecule has 8 rings (SSSR count). The minimum Gasteiger partial charge on any atom is -0.454 e. The van der Waals surface area contributed by atoms with Crippen molar-refractivity contribution in [3.63, 3.8) is 0 Å². The third-order valence-electron chi connectivity index (χ3n) is 7.57. The Morgan fingerprint density at radius 1 is 0.436 bits per heavy atom. The largest absolute Gasteiger partial charge is 0.454 e. The fourth-order valence-corrected chi connectivity index (χ4v) is 8.13. The lowest BCUT2D eigenvalue weighted by atomic mass is 10.1.